The SMILES string of the molecule is CCC(C)c1ccc(Oc2ncncc2Br)cc1. The summed E-state index contributed by atoms with van der Waals surface area (Å²) in [4.78, 5) is 7.96. The molecule has 1 atom stereocenters. The molecule has 0 aliphatic rings. The van der Waals surface area contributed by atoms with Crippen LogP contribution < -0.4 is 4.74 Å². The van der Waals surface area contributed by atoms with Gasteiger partial charge in [0, 0.05) is 6.20 Å². The van der Waals surface area contributed by atoms with Gasteiger partial charge >= 0.3 is 0 Å². The molecule has 1 unspecified atom stereocenters. The van der Waals surface area contributed by atoms with Crippen LogP contribution in [-0.4, -0.2) is 9.97 Å². The molecule has 0 radical (unpaired) electrons. The predicted octanol–water partition coefficient (Wildman–Crippen LogP) is 4.54. The minimum atomic E-state index is 0.529. The van der Waals surface area contributed by atoms with Gasteiger partial charge in [0.25, 0.3) is 0 Å². The van der Waals surface area contributed by atoms with Crippen LogP contribution in [0.1, 0.15) is 31.7 Å². The maximum atomic E-state index is 5.68. The number of hydrogen-bond acceptors (Lipinski definition) is 3. The minimum Gasteiger partial charge on any atom is -0.438 e. The molecule has 1 aromatic carbocycles. The van der Waals surface area contributed by atoms with E-state index in [1.165, 1.54) is 11.9 Å². The first-order valence-electron chi connectivity index (χ1n) is 5.94. The molecule has 18 heavy (non-hydrogen) atoms. The van der Waals surface area contributed by atoms with E-state index < -0.39 is 0 Å². The molecule has 0 saturated heterocycles. The fraction of sp³-hybridized carbons (Fsp3) is 0.286. The van der Waals surface area contributed by atoms with Crippen molar-refractivity contribution in [2.45, 2.75) is 26.2 Å². The third-order valence-corrected chi connectivity index (χ3v) is 3.45. The van der Waals surface area contributed by atoms with Crippen LogP contribution in [-0.2, 0) is 0 Å². The molecule has 2 aromatic rings. The summed E-state index contributed by atoms with van der Waals surface area (Å²) in [7, 11) is 0. The van der Waals surface area contributed by atoms with E-state index in [9.17, 15) is 0 Å². The molecule has 1 heterocycles. The van der Waals surface area contributed by atoms with Gasteiger partial charge in [-0.3, -0.25) is 0 Å². The lowest BCUT2D eigenvalue weighted by Gasteiger charge is -2.10. The molecule has 0 amide bonds. The Kier molecular flexibility index (Phi) is 4.31. The highest BCUT2D eigenvalue weighted by Gasteiger charge is 2.06. The summed E-state index contributed by atoms with van der Waals surface area (Å²) in [6.45, 7) is 4.41. The topological polar surface area (TPSA) is 35.0 Å². The molecule has 3 nitrogen and oxygen atoms in total. The number of rotatable bonds is 4. The summed E-state index contributed by atoms with van der Waals surface area (Å²) in [5.41, 5.74) is 1.33. The molecule has 0 aliphatic heterocycles. The highest BCUT2D eigenvalue weighted by Crippen LogP contribution is 2.27. The van der Waals surface area contributed by atoms with Crippen molar-refractivity contribution in [3.05, 3.63) is 46.8 Å². The van der Waals surface area contributed by atoms with E-state index in [2.05, 4.69) is 51.9 Å². The molecule has 0 saturated carbocycles. The molecule has 94 valence electrons. The second-order valence-corrected chi connectivity index (χ2v) is 5.01. The molecular formula is C14H15BrN2O. The summed E-state index contributed by atoms with van der Waals surface area (Å²) in [5.74, 6) is 1.88. The van der Waals surface area contributed by atoms with Crippen LogP contribution in [0.5, 0.6) is 11.6 Å². The number of halogens is 1. The Morgan fingerprint density at radius 2 is 2.00 bits per heavy atom. The first kappa shape index (κ1) is 13.0. The fourth-order valence-electron chi connectivity index (χ4n) is 1.59. The van der Waals surface area contributed by atoms with E-state index in [-0.39, 0.29) is 0 Å². The summed E-state index contributed by atoms with van der Waals surface area (Å²) < 4.78 is 6.43. The molecule has 0 N–H and O–H groups in total. The number of ether oxygens (including phenoxy) is 1. The second kappa shape index (κ2) is 5.96. The van der Waals surface area contributed by atoms with Gasteiger partial charge in [-0.1, -0.05) is 26.0 Å². The zero-order valence-electron chi connectivity index (χ0n) is 10.4. The molecule has 0 spiro atoms. The quantitative estimate of drug-likeness (QED) is 0.831. The van der Waals surface area contributed by atoms with Crippen LogP contribution in [0.3, 0.4) is 0 Å². The van der Waals surface area contributed by atoms with Crippen molar-refractivity contribution in [2.75, 3.05) is 0 Å². The molecule has 0 bridgehead atoms. The van der Waals surface area contributed by atoms with Crippen molar-refractivity contribution in [2.24, 2.45) is 0 Å². The van der Waals surface area contributed by atoms with Gasteiger partial charge in [-0.05, 0) is 46.0 Å². The first-order chi connectivity index (χ1) is 8.70. The van der Waals surface area contributed by atoms with E-state index in [4.69, 9.17) is 4.74 Å². The van der Waals surface area contributed by atoms with Crippen molar-refractivity contribution < 1.29 is 4.74 Å². The maximum absolute atomic E-state index is 5.68. The standard InChI is InChI=1S/C14H15BrN2O/c1-3-10(2)11-4-6-12(7-5-11)18-14-13(15)8-16-9-17-14/h4-10H,3H2,1-2H3. The van der Waals surface area contributed by atoms with Gasteiger partial charge in [-0.25, -0.2) is 9.97 Å². The molecular weight excluding hydrogens is 292 g/mol. The van der Waals surface area contributed by atoms with Crippen LogP contribution in [0.2, 0.25) is 0 Å². The number of nitrogens with zero attached hydrogens (tertiary/aromatic N) is 2. The third-order valence-electron chi connectivity index (χ3n) is 2.91. The van der Waals surface area contributed by atoms with E-state index in [1.807, 2.05) is 12.1 Å². The lowest BCUT2D eigenvalue weighted by molar-refractivity contribution is 0.457. The largest absolute Gasteiger partial charge is 0.438 e. The first-order valence-corrected chi connectivity index (χ1v) is 6.73. The van der Waals surface area contributed by atoms with Gasteiger partial charge in [0.05, 0.1) is 4.47 Å². The van der Waals surface area contributed by atoms with Crippen molar-refractivity contribution in [1.82, 2.24) is 9.97 Å². The van der Waals surface area contributed by atoms with Crippen LogP contribution in [0, 0.1) is 0 Å². The highest BCUT2D eigenvalue weighted by molar-refractivity contribution is 9.10. The summed E-state index contributed by atoms with van der Waals surface area (Å²) >= 11 is 3.35. The molecule has 1 aromatic heterocycles. The van der Waals surface area contributed by atoms with Crippen molar-refractivity contribution in [3.63, 3.8) is 0 Å². The molecule has 0 aliphatic carbocycles. The summed E-state index contributed by atoms with van der Waals surface area (Å²) in [5, 5.41) is 0. The van der Waals surface area contributed by atoms with Gasteiger partial charge in [-0.15, -0.1) is 0 Å². The summed E-state index contributed by atoms with van der Waals surface area (Å²) in [6, 6.07) is 8.13. The number of benzene rings is 1. The molecule has 2 rings (SSSR count). The Bertz CT molecular complexity index is 513. The van der Waals surface area contributed by atoms with E-state index in [0.717, 1.165) is 16.6 Å². The zero-order chi connectivity index (χ0) is 13.0. The highest BCUT2D eigenvalue weighted by atomic mass is 79.9. The zero-order valence-corrected chi connectivity index (χ0v) is 12.0. The van der Waals surface area contributed by atoms with Gasteiger partial charge in [-0.2, -0.15) is 0 Å². The average Bonchev–Trinajstić information content (AvgIpc) is 2.41. The van der Waals surface area contributed by atoms with E-state index >= 15 is 0 Å². The number of aromatic nitrogens is 2. The number of hydrogen-bond donors (Lipinski definition) is 0. The van der Waals surface area contributed by atoms with E-state index in [1.54, 1.807) is 6.20 Å². The van der Waals surface area contributed by atoms with Gasteiger partial charge < -0.3 is 4.74 Å². The van der Waals surface area contributed by atoms with Crippen molar-refractivity contribution in [1.29, 1.82) is 0 Å². The minimum absolute atomic E-state index is 0.529. The maximum Gasteiger partial charge on any atom is 0.236 e. The fourth-order valence-corrected chi connectivity index (χ4v) is 1.89. The van der Waals surface area contributed by atoms with Gasteiger partial charge in [0.1, 0.15) is 12.1 Å². The monoisotopic (exact) mass is 306 g/mol. The van der Waals surface area contributed by atoms with Gasteiger partial charge in [0.2, 0.25) is 5.88 Å². The van der Waals surface area contributed by atoms with Crippen LogP contribution in [0.4, 0.5) is 0 Å². The molecule has 4 heteroatoms. The van der Waals surface area contributed by atoms with Crippen LogP contribution in [0.25, 0.3) is 0 Å². The van der Waals surface area contributed by atoms with Crippen LogP contribution >= 0.6 is 15.9 Å². The lowest BCUT2D eigenvalue weighted by atomic mass is 9.99. The van der Waals surface area contributed by atoms with Crippen LogP contribution in [0.15, 0.2) is 41.3 Å². The third kappa shape index (κ3) is 3.07. The Morgan fingerprint density at radius 3 is 2.61 bits per heavy atom. The Labute approximate surface area is 115 Å². The average molecular weight is 307 g/mol. The van der Waals surface area contributed by atoms with Crippen molar-refractivity contribution in [3.8, 4) is 11.6 Å². The van der Waals surface area contributed by atoms with Gasteiger partial charge in [0.15, 0.2) is 0 Å². The lowest BCUT2D eigenvalue weighted by Crippen LogP contribution is -1.93. The normalized spacial score (nSPS) is 12.2. The Morgan fingerprint density at radius 1 is 1.28 bits per heavy atom. The Balaban J connectivity index is 2.14. The molecule has 0 fully saturated rings. The smallest absolute Gasteiger partial charge is 0.236 e. The van der Waals surface area contributed by atoms with E-state index in [0.29, 0.717) is 11.8 Å². The summed E-state index contributed by atoms with van der Waals surface area (Å²) in [6.07, 6.45) is 4.27. The van der Waals surface area contributed by atoms with Crippen molar-refractivity contribution >= 4 is 15.9 Å². The predicted molar refractivity (Wildman–Crippen MR) is 75.0 cm³/mol. The Hall–Kier alpha value is -1.42. The second-order valence-electron chi connectivity index (χ2n) is 4.16.